The van der Waals surface area contributed by atoms with Crippen molar-refractivity contribution in [3.63, 3.8) is 0 Å². The van der Waals surface area contributed by atoms with Gasteiger partial charge in [-0.05, 0) is 60.3 Å². The molecule has 3 aliphatic heterocycles. The second-order valence-corrected chi connectivity index (χ2v) is 9.06. The number of carbonyl (C=O) groups excluding carboxylic acids is 1. The maximum Gasteiger partial charge on any atom is 0.259 e. The summed E-state index contributed by atoms with van der Waals surface area (Å²) < 4.78 is 1.47. The minimum atomic E-state index is 0.0388. The number of piperidine rings is 3. The first kappa shape index (κ1) is 16.6. The highest BCUT2D eigenvalue weighted by Crippen LogP contribution is 2.46. The molecule has 3 saturated heterocycles. The van der Waals surface area contributed by atoms with E-state index in [9.17, 15) is 4.79 Å². The van der Waals surface area contributed by atoms with E-state index in [1.165, 1.54) is 49.5 Å². The average Bonchev–Trinajstić information content (AvgIpc) is 3.20. The SMILES string of the molecule is O=C(c1cn[nH]c1-n1cnnn1)N1C[C@@H]2C[C@H](C1)[C@@H]1CCC[C@H](C3CC3)N1C2. The van der Waals surface area contributed by atoms with Crippen LogP contribution in [-0.4, -0.2) is 77.8 Å². The lowest BCUT2D eigenvalue weighted by atomic mass is 9.74. The summed E-state index contributed by atoms with van der Waals surface area (Å²) in [6, 6.07) is 1.47. The van der Waals surface area contributed by atoms with Gasteiger partial charge in [-0.15, -0.1) is 5.10 Å². The Balaban J connectivity index is 1.23. The van der Waals surface area contributed by atoms with Gasteiger partial charge in [-0.1, -0.05) is 6.42 Å². The number of amides is 1. The van der Waals surface area contributed by atoms with Gasteiger partial charge in [-0.2, -0.15) is 9.78 Å². The van der Waals surface area contributed by atoms with Crippen molar-refractivity contribution in [2.24, 2.45) is 17.8 Å². The van der Waals surface area contributed by atoms with E-state index in [1.807, 2.05) is 0 Å². The first-order valence-corrected chi connectivity index (χ1v) is 10.6. The Morgan fingerprint density at radius 1 is 1.07 bits per heavy atom. The summed E-state index contributed by atoms with van der Waals surface area (Å²) in [5.41, 5.74) is 0.545. The van der Waals surface area contributed by atoms with Crippen molar-refractivity contribution in [1.82, 2.24) is 40.2 Å². The van der Waals surface area contributed by atoms with Crippen LogP contribution in [0.5, 0.6) is 0 Å². The molecule has 4 atom stereocenters. The van der Waals surface area contributed by atoms with Crippen LogP contribution in [0.3, 0.4) is 0 Å². The third-order valence-corrected chi connectivity index (χ3v) is 7.32. The van der Waals surface area contributed by atoms with Gasteiger partial charge in [-0.3, -0.25) is 14.8 Å². The van der Waals surface area contributed by atoms with Crippen molar-refractivity contribution < 1.29 is 4.79 Å². The predicted octanol–water partition coefficient (Wildman–Crippen LogP) is 1.11. The van der Waals surface area contributed by atoms with E-state index < -0.39 is 0 Å². The molecule has 1 aliphatic carbocycles. The Labute approximate surface area is 163 Å². The van der Waals surface area contributed by atoms with Gasteiger partial charge in [0.05, 0.1) is 6.20 Å². The van der Waals surface area contributed by atoms with Gasteiger partial charge in [0.25, 0.3) is 5.91 Å². The Morgan fingerprint density at radius 2 is 1.93 bits per heavy atom. The van der Waals surface area contributed by atoms with E-state index in [2.05, 4.69) is 35.5 Å². The number of fused-ring (bicyclic) bond motifs is 4. The lowest BCUT2D eigenvalue weighted by Gasteiger charge is -2.55. The van der Waals surface area contributed by atoms with Crippen LogP contribution in [0, 0.1) is 17.8 Å². The minimum Gasteiger partial charge on any atom is -0.338 e. The number of rotatable bonds is 3. The Bertz CT molecular complexity index is 859. The first-order valence-electron chi connectivity index (χ1n) is 10.6. The molecular formula is C19H26N8O. The fourth-order valence-corrected chi connectivity index (χ4v) is 6.04. The molecule has 1 N–H and O–H groups in total. The number of likely N-dealkylation sites (tertiary alicyclic amines) is 1. The van der Waals surface area contributed by atoms with Gasteiger partial charge in [0.1, 0.15) is 11.9 Å². The van der Waals surface area contributed by atoms with Crippen LogP contribution in [0.2, 0.25) is 0 Å². The second kappa shape index (κ2) is 6.37. The van der Waals surface area contributed by atoms with Gasteiger partial charge in [-0.25, -0.2) is 0 Å². The lowest BCUT2D eigenvalue weighted by molar-refractivity contribution is -0.0551. The third-order valence-electron chi connectivity index (χ3n) is 7.32. The summed E-state index contributed by atoms with van der Waals surface area (Å²) >= 11 is 0. The molecule has 0 unspecified atom stereocenters. The molecule has 4 aliphatic rings. The molecule has 1 saturated carbocycles. The third kappa shape index (κ3) is 2.67. The molecule has 148 valence electrons. The quantitative estimate of drug-likeness (QED) is 0.854. The molecule has 1 amide bonds. The van der Waals surface area contributed by atoms with Gasteiger partial charge >= 0.3 is 0 Å². The van der Waals surface area contributed by atoms with Crippen molar-refractivity contribution in [1.29, 1.82) is 0 Å². The molecule has 9 nitrogen and oxygen atoms in total. The summed E-state index contributed by atoms with van der Waals surface area (Å²) in [5.74, 6) is 2.71. The monoisotopic (exact) mass is 382 g/mol. The maximum absolute atomic E-state index is 13.3. The van der Waals surface area contributed by atoms with Crippen molar-refractivity contribution in [3.05, 3.63) is 18.1 Å². The number of hydrogen-bond donors (Lipinski definition) is 1. The van der Waals surface area contributed by atoms with Crippen molar-refractivity contribution >= 4 is 5.91 Å². The second-order valence-electron chi connectivity index (χ2n) is 9.06. The van der Waals surface area contributed by atoms with Gasteiger partial charge in [0.15, 0.2) is 5.82 Å². The average molecular weight is 382 g/mol. The topological polar surface area (TPSA) is 95.8 Å². The first-order chi connectivity index (χ1) is 13.8. The Hall–Kier alpha value is -2.29. The van der Waals surface area contributed by atoms with Gasteiger partial charge in [0, 0.05) is 31.7 Å². The number of nitrogens with zero attached hydrogens (tertiary/aromatic N) is 7. The van der Waals surface area contributed by atoms with E-state index in [0.29, 0.717) is 29.3 Å². The predicted molar refractivity (Wildman–Crippen MR) is 99.7 cm³/mol. The number of aromatic nitrogens is 6. The van der Waals surface area contributed by atoms with Gasteiger partial charge in [0.2, 0.25) is 0 Å². The highest BCUT2D eigenvalue weighted by atomic mass is 16.2. The number of H-pyrrole nitrogens is 1. The largest absolute Gasteiger partial charge is 0.338 e. The standard InChI is InChI=1S/C19H26N8O/c28-19(15-7-20-22-18(15)27-11-21-23-24-27)25-8-12-6-14(10-25)17-3-1-2-16(13-4-5-13)26(17)9-12/h7,11-14,16-17H,1-6,8-10H2,(H,20,22)/t12-,14+,16+,17-/m0/s1. The van der Waals surface area contributed by atoms with E-state index in [0.717, 1.165) is 31.6 Å². The molecule has 2 aromatic rings. The summed E-state index contributed by atoms with van der Waals surface area (Å²) in [5, 5.41) is 18.2. The zero-order chi connectivity index (χ0) is 18.7. The smallest absolute Gasteiger partial charge is 0.259 e. The van der Waals surface area contributed by atoms with Crippen LogP contribution in [0.15, 0.2) is 12.5 Å². The molecule has 0 aromatic carbocycles. The number of aromatic amines is 1. The summed E-state index contributed by atoms with van der Waals surface area (Å²) in [4.78, 5) is 18.2. The van der Waals surface area contributed by atoms with Crippen LogP contribution >= 0.6 is 0 Å². The fraction of sp³-hybridized carbons (Fsp3) is 0.737. The molecular weight excluding hydrogens is 356 g/mol. The van der Waals surface area contributed by atoms with Crippen molar-refractivity contribution in [2.45, 2.75) is 50.6 Å². The normalized spacial score (nSPS) is 32.9. The molecule has 2 bridgehead atoms. The van der Waals surface area contributed by atoms with E-state index in [-0.39, 0.29) is 5.91 Å². The highest BCUT2D eigenvalue weighted by molar-refractivity contribution is 5.97. The number of nitrogens with one attached hydrogen (secondary N) is 1. The zero-order valence-electron chi connectivity index (χ0n) is 15.9. The molecule has 5 heterocycles. The molecule has 2 aromatic heterocycles. The van der Waals surface area contributed by atoms with Crippen LogP contribution in [-0.2, 0) is 0 Å². The van der Waals surface area contributed by atoms with Crippen molar-refractivity contribution in [2.75, 3.05) is 19.6 Å². The van der Waals surface area contributed by atoms with Crippen LogP contribution < -0.4 is 0 Å². The molecule has 0 spiro atoms. The van der Waals surface area contributed by atoms with Gasteiger partial charge < -0.3 is 4.90 Å². The molecule has 9 heteroatoms. The maximum atomic E-state index is 13.3. The van der Waals surface area contributed by atoms with Crippen LogP contribution in [0.1, 0.15) is 48.9 Å². The number of hydrogen-bond acceptors (Lipinski definition) is 6. The summed E-state index contributed by atoms with van der Waals surface area (Å²) in [6.07, 6.45) is 11.2. The van der Waals surface area contributed by atoms with Crippen molar-refractivity contribution in [3.8, 4) is 5.82 Å². The lowest BCUT2D eigenvalue weighted by Crippen LogP contribution is -2.62. The molecule has 6 rings (SSSR count). The van der Waals surface area contributed by atoms with E-state index >= 15 is 0 Å². The fourth-order valence-electron chi connectivity index (χ4n) is 6.04. The summed E-state index contributed by atoms with van der Waals surface area (Å²) in [7, 11) is 0. The number of carbonyl (C=O) groups is 1. The van der Waals surface area contributed by atoms with Crippen LogP contribution in [0.4, 0.5) is 0 Å². The number of tetrazole rings is 1. The van der Waals surface area contributed by atoms with Crippen LogP contribution in [0.25, 0.3) is 5.82 Å². The van der Waals surface area contributed by atoms with E-state index in [4.69, 9.17) is 0 Å². The Morgan fingerprint density at radius 3 is 2.71 bits per heavy atom. The zero-order valence-corrected chi connectivity index (χ0v) is 15.9. The molecule has 28 heavy (non-hydrogen) atoms. The molecule has 0 radical (unpaired) electrons. The molecule has 4 fully saturated rings. The highest BCUT2D eigenvalue weighted by Gasteiger charge is 2.48. The van der Waals surface area contributed by atoms with E-state index in [1.54, 1.807) is 6.20 Å². The summed E-state index contributed by atoms with van der Waals surface area (Å²) in [6.45, 7) is 2.86. The Kier molecular flexibility index (Phi) is 3.78. The minimum absolute atomic E-state index is 0.0388.